The summed E-state index contributed by atoms with van der Waals surface area (Å²) in [6, 6.07) is 5.49. The van der Waals surface area contributed by atoms with Crippen LogP contribution in [0.2, 0.25) is 0 Å². The van der Waals surface area contributed by atoms with E-state index in [1.54, 1.807) is 11.8 Å². The number of carbonyl (C=O) groups excluding carboxylic acids is 3. The van der Waals surface area contributed by atoms with E-state index in [4.69, 9.17) is 0 Å². The van der Waals surface area contributed by atoms with E-state index in [9.17, 15) is 14.4 Å². The summed E-state index contributed by atoms with van der Waals surface area (Å²) in [6.45, 7) is 9.20. The minimum Gasteiger partial charge on any atom is -0.336 e. The summed E-state index contributed by atoms with van der Waals surface area (Å²) in [6.07, 6.45) is 3.19. The number of amides is 4. The summed E-state index contributed by atoms with van der Waals surface area (Å²) >= 11 is 0. The van der Waals surface area contributed by atoms with E-state index in [1.165, 1.54) is 11.1 Å². The van der Waals surface area contributed by atoms with Crippen molar-refractivity contribution in [3.8, 4) is 0 Å². The fourth-order valence-corrected chi connectivity index (χ4v) is 4.31. The monoisotopic (exact) mass is 371 g/mol. The molecule has 6 nitrogen and oxygen atoms in total. The maximum Gasteiger partial charge on any atom is 0.325 e. The molecule has 1 aromatic carbocycles. The molecule has 0 bridgehead atoms. The third-order valence-corrected chi connectivity index (χ3v) is 5.64. The number of fused-ring (bicyclic) bond motifs is 1. The van der Waals surface area contributed by atoms with Gasteiger partial charge in [-0.2, -0.15) is 0 Å². The Morgan fingerprint density at radius 2 is 1.78 bits per heavy atom. The minimum absolute atomic E-state index is 0.00126. The van der Waals surface area contributed by atoms with Crippen LogP contribution in [-0.2, 0) is 28.0 Å². The summed E-state index contributed by atoms with van der Waals surface area (Å²) < 4.78 is 0. The Morgan fingerprint density at radius 3 is 2.41 bits per heavy atom. The van der Waals surface area contributed by atoms with Crippen LogP contribution in [0, 0.1) is 0 Å². The van der Waals surface area contributed by atoms with Crippen LogP contribution in [0.25, 0.3) is 0 Å². The van der Waals surface area contributed by atoms with E-state index < -0.39 is 11.6 Å². The molecule has 1 N–H and O–H groups in total. The van der Waals surface area contributed by atoms with Gasteiger partial charge in [0.05, 0.1) is 0 Å². The second-order valence-corrected chi connectivity index (χ2v) is 8.27. The summed E-state index contributed by atoms with van der Waals surface area (Å²) in [5.41, 5.74) is 2.21. The van der Waals surface area contributed by atoms with Crippen molar-refractivity contribution < 1.29 is 14.4 Å². The predicted octanol–water partition coefficient (Wildman–Crippen LogP) is 2.59. The molecule has 1 aliphatic heterocycles. The lowest BCUT2D eigenvalue weighted by Crippen LogP contribution is -2.49. The van der Waals surface area contributed by atoms with Crippen LogP contribution in [0.15, 0.2) is 18.2 Å². The van der Waals surface area contributed by atoms with E-state index in [0.717, 1.165) is 29.7 Å². The van der Waals surface area contributed by atoms with Crippen molar-refractivity contribution in [3.05, 3.63) is 34.9 Å². The maximum atomic E-state index is 13.1. The van der Waals surface area contributed by atoms with Crippen LogP contribution >= 0.6 is 0 Å². The molecular weight excluding hydrogens is 342 g/mol. The highest BCUT2D eigenvalue weighted by molar-refractivity contribution is 6.09. The van der Waals surface area contributed by atoms with E-state index in [-0.39, 0.29) is 30.4 Å². The van der Waals surface area contributed by atoms with Gasteiger partial charge in [-0.3, -0.25) is 14.5 Å². The van der Waals surface area contributed by atoms with Crippen molar-refractivity contribution >= 4 is 17.8 Å². The highest BCUT2D eigenvalue weighted by Gasteiger charge is 2.50. The van der Waals surface area contributed by atoms with Gasteiger partial charge in [-0.1, -0.05) is 18.2 Å². The number of hydrogen-bond acceptors (Lipinski definition) is 3. The van der Waals surface area contributed by atoms with Gasteiger partial charge in [0.2, 0.25) is 5.91 Å². The number of benzene rings is 1. The van der Waals surface area contributed by atoms with Crippen LogP contribution < -0.4 is 5.32 Å². The normalized spacial score (nSPS) is 21.8. The number of nitrogens with zero attached hydrogens (tertiary/aromatic N) is 2. The maximum absolute atomic E-state index is 13.1. The first kappa shape index (κ1) is 19.4. The lowest BCUT2D eigenvalue weighted by Gasteiger charge is -2.32. The molecule has 1 atom stereocenters. The van der Waals surface area contributed by atoms with Crippen molar-refractivity contribution in [1.82, 2.24) is 15.1 Å². The molecule has 27 heavy (non-hydrogen) atoms. The number of carbonyl (C=O) groups is 3. The van der Waals surface area contributed by atoms with Gasteiger partial charge in [0.15, 0.2) is 0 Å². The van der Waals surface area contributed by atoms with Gasteiger partial charge in [-0.15, -0.1) is 0 Å². The summed E-state index contributed by atoms with van der Waals surface area (Å²) in [5, 5.41) is 2.81. The van der Waals surface area contributed by atoms with Gasteiger partial charge in [0.25, 0.3) is 5.91 Å². The first-order chi connectivity index (χ1) is 12.6. The van der Waals surface area contributed by atoms with Gasteiger partial charge < -0.3 is 10.2 Å². The Balaban J connectivity index is 1.83. The van der Waals surface area contributed by atoms with Crippen LogP contribution in [0.1, 0.15) is 57.7 Å². The highest BCUT2D eigenvalue weighted by Crippen LogP contribution is 2.32. The predicted molar refractivity (Wildman–Crippen MR) is 103 cm³/mol. The molecule has 2 aliphatic rings. The molecule has 4 amide bonds. The molecule has 1 fully saturated rings. The van der Waals surface area contributed by atoms with Crippen molar-refractivity contribution in [2.75, 3.05) is 6.54 Å². The van der Waals surface area contributed by atoms with Crippen LogP contribution in [-0.4, -0.2) is 46.3 Å². The number of nitrogens with one attached hydrogen (secondary N) is 1. The topological polar surface area (TPSA) is 69.7 Å². The molecular formula is C21H29N3O3. The van der Waals surface area contributed by atoms with Crippen molar-refractivity contribution in [2.24, 2.45) is 0 Å². The third-order valence-electron chi connectivity index (χ3n) is 5.64. The Kier molecular flexibility index (Phi) is 5.02. The van der Waals surface area contributed by atoms with Crippen molar-refractivity contribution in [2.45, 2.75) is 71.5 Å². The average molecular weight is 371 g/mol. The van der Waals surface area contributed by atoms with Gasteiger partial charge in [-0.05, 0) is 70.6 Å². The molecule has 1 heterocycles. The molecule has 0 spiro atoms. The largest absolute Gasteiger partial charge is 0.336 e. The zero-order valence-electron chi connectivity index (χ0n) is 16.8. The SMILES string of the molecule is CC(C)N(C(=O)CN1C(=O)NC(C)(c2ccc3c(c2)CCC3)C1=O)C(C)C. The standard InChI is InChI=1S/C21H29N3O3/c1-13(2)24(14(3)4)18(25)12-23-19(26)21(5,22-20(23)27)17-10-9-15-7-6-8-16(15)11-17/h9-11,13-14H,6-8,12H2,1-5H3,(H,22,27). The Hall–Kier alpha value is -2.37. The molecule has 0 radical (unpaired) electrons. The number of hydrogen-bond donors (Lipinski definition) is 1. The number of urea groups is 1. The molecule has 1 unspecified atom stereocenters. The van der Waals surface area contributed by atoms with Crippen LogP contribution in [0.3, 0.4) is 0 Å². The fourth-order valence-electron chi connectivity index (χ4n) is 4.31. The van der Waals surface area contributed by atoms with E-state index >= 15 is 0 Å². The molecule has 1 saturated heterocycles. The first-order valence-corrected chi connectivity index (χ1v) is 9.72. The number of imide groups is 1. The molecule has 1 aromatic rings. The summed E-state index contributed by atoms with van der Waals surface area (Å²) in [4.78, 5) is 41.1. The summed E-state index contributed by atoms with van der Waals surface area (Å²) in [7, 11) is 0. The van der Waals surface area contributed by atoms with E-state index in [0.29, 0.717) is 0 Å². The zero-order chi connectivity index (χ0) is 19.9. The lowest BCUT2D eigenvalue weighted by molar-refractivity contribution is -0.141. The van der Waals surface area contributed by atoms with Gasteiger partial charge in [-0.25, -0.2) is 4.79 Å². The highest BCUT2D eigenvalue weighted by atomic mass is 16.2. The molecule has 3 rings (SSSR count). The lowest BCUT2D eigenvalue weighted by atomic mass is 9.89. The quantitative estimate of drug-likeness (QED) is 0.809. The van der Waals surface area contributed by atoms with E-state index in [1.807, 2.05) is 39.8 Å². The molecule has 1 aliphatic carbocycles. The molecule has 146 valence electrons. The second-order valence-electron chi connectivity index (χ2n) is 8.27. The number of rotatable bonds is 5. The minimum atomic E-state index is -1.13. The Labute approximate surface area is 160 Å². The van der Waals surface area contributed by atoms with Crippen molar-refractivity contribution in [1.29, 1.82) is 0 Å². The van der Waals surface area contributed by atoms with Gasteiger partial charge in [0, 0.05) is 12.1 Å². The molecule has 0 aromatic heterocycles. The average Bonchev–Trinajstić information content (AvgIpc) is 3.12. The van der Waals surface area contributed by atoms with Gasteiger partial charge in [0.1, 0.15) is 12.1 Å². The smallest absolute Gasteiger partial charge is 0.325 e. The molecule has 0 saturated carbocycles. The van der Waals surface area contributed by atoms with Gasteiger partial charge >= 0.3 is 6.03 Å². The second kappa shape index (κ2) is 6.98. The number of aryl methyl sites for hydroxylation is 2. The fraction of sp³-hybridized carbons (Fsp3) is 0.571. The van der Waals surface area contributed by atoms with Crippen LogP contribution in [0.4, 0.5) is 4.79 Å². The first-order valence-electron chi connectivity index (χ1n) is 9.72. The summed E-state index contributed by atoms with van der Waals surface area (Å²) in [5.74, 6) is -0.590. The van der Waals surface area contributed by atoms with Crippen LogP contribution in [0.5, 0.6) is 0 Å². The Bertz CT molecular complexity index is 779. The van der Waals surface area contributed by atoms with E-state index in [2.05, 4.69) is 11.4 Å². The molecule has 6 heteroatoms. The van der Waals surface area contributed by atoms with Crippen molar-refractivity contribution in [3.63, 3.8) is 0 Å². The Morgan fingerprint density at radius 1 is 1.15 bits per heavy atom. The zero-order valence-corrected chi connectivity index (χ0v) is 16.8. The third kappa shape index (κ3) is 3.33.